The van der Waals surface area contributed by atoms with Crippen molar-refractivity contribution in [1.29, 1.82) is 0 Å². The summed E-state index contributed by atoms with van der Waals surface area (Å²) in [6, 6.07) is 0. The van der Waals surface area contributed by atoms with Crippen molar-refractivity contribution in [3.05, 3.63) is 22.9 Å². The average molecular weight is 329 g/mol. The van der Waals surface area contributed by atoms with E-state index >= 15 is 0 Å². The van der Waals surface area contributed by atoms with E-state index in [0.29, 0.717) is 22.6 Å². The molecule has 0 aliphatic heterocycles. The minimum absolute atomic E-state index is 0.00700. The van der Waals surface area contributed by atoms with Crippen LogP contribution in [0.15, 0.2) is 6.20 Å². The molecule has 5 rings (SSSR count). The molecule has 2 aromatic heterocycles. The molecule has 2 bridgehead atoms. The zero-order chi connectivity index (χ0) is 15.7. The summed E-state index contributed by atoms with van der Waals surface area (Å²) in [4.78, 5) is 16.7. The Morgan fingerprint density at radius 3 is 2.55 bits per heavy atom. The van der Waals surface area contributed by atoms with Gasteiger partial charge in [0, 0.05) is 12.1 Å². The van der Waals surface area contributed by atoms with Crippen LogP contribution in [0.1, 0.15) is 36.6 Å². The number of nitrogens with zero attached hydrogens (tertiary/aromatic N) is 4. The molecule has 2 heterocycles. The molecule has 116 valence electrons. The van der Waals surface area contributed by atoms with E-state index in [4.69, 9.17) is 11.6 Å². The second-order valence-corrected chi connectivity index (χ2v) is 6.66. The van der Waals surface area contributed by atoms with Gasteiger partial charge in [-0.25, -0.2) is 15.0 Å². The molecule has 0 aromatic carbocycles. The lowest BCUT2D eigenvalue weighted by atomic mass is 9.69. The first-order chi connectivity index (χ1) is 10.3. The monoisotopic (exact) mass is 328 g/mol. The van der Waals surface area contributed by atoms with Crippen molar-refractivity contribution in [2.45, 2.75) is 38.3 Å². The molecule has 0 N–H and O–H groups in total. The second kappa shape index (κ2) is 4.28. The maximum atomic E-state index is 13.2. The molecule has 8 heteroatoms. The Morgan fingerprint density at radius 2 is 1.91 bits per heavy atom. The van der Waals surface area contributed by atoms with Crippen LogP contribution in [-0.2, 0) is 0 Å². The highest BCUT2D eigenvalue weighted by Gasteiger charge is 2.69. The van der Waals surface area contributed by atoms with Gasteiger partial charge in [-0.15, -0.1) is 0 Å². The van der Waals surface area contributed by atoms with E-state index in [-0.39, 0.29) is 36.4 Å². The van der Waals surface area contributed by atoms with Gasteiger partial charge >= 0.3 is 6.18 Å². The SMILES string of the molecule is Cc1cnc2c(C3C[C@]4(C(F)(F)F)C[C@@H]3C4)nc(Cl)nc2n1. The first kappa shape index (κ1) is 14.1. The molecule has 1 unspecified atom stereocenters. The molecule has 1 atom stereocenters. The Morgan fingerprint density at radius 1 is 1.18 bits per heavy atom. The summed E-state index contributed by atoms with van der Waals surface area (Å²) in [6.07, 6.45) is -2.19. The summed E-state index contributed by atoms with van der Waals surface area (Å²) < 4.78 is 39.7. The van der Waals surface area contributed by atoms with Crippen LogP contribution in [0.4, 0.5) is 13.2 Å². The summed E-state index contributed by atoms with van der Waals surface area (Å²) >= 11 is 5.93. The van der Waals surface area contributed by atoms with Crippen LogP contribution in [0.2, 0.25) is 5.28 Å². The maximum Gasteiger partial charge on any atom is 0.394 e. The van der Waals surface area contributed by atoms with E-state index in [9.17, 15) is 13.2 Å². The van der Waals surface area contributed by atoms with E-state index in [1.54, 1.807) is 13.1 Å². The fraction of sp³-hybridized carbons (Fsp3) is 0.571. The minimum atomic E-state index is -4.16. The molecule has 0 amide bonds. The third kappa shape index (κ3) is 1.84. The van der Waals surface area contributed by atoms with Gasteiger partial charge in [-0.3, -0.25) is 0 Å². The van der Waals surface area contributed by atoms with Crippen LogP contribution < -0.4 is 0 Å². The quantitative estimate of drug-likeness (QED) is 0.747. The highest BCUT2D eigenvalue weighted by molar-refractivity contribution is 6.28. The maximum absolute atomic E-state index is 13.2. The normalized spacial score (nSPS) is 30.6. The number of rotatable bonds is 1. The van der Waals surface area contributed by atoms with Crippen LogP contribution in [0.25, 0.3) is 11.2 Å². The average Bonchev–Trinajstić information content (AvgIpc) is 2.92. The zero-order valence-corrected chi connectivity index (χ0v) is 12.4. The van der Waals surface area contributed by atoms with E-state index < -0.39 is 11.6 Å². The molecule has 3 fully saturated rings. The van der Waals surface area contributed by atoms with Gasteiger partial charge in [-0.05, 0) is 43.7 Å². The lowest BCUT2D eigenvalue weighted by molar-refractivity contribution is -0.244. The van der Waals surface area contributed by atoms with Gasteiger partial charge in [0.25, 0.3) is 0 Å². The van der Waals surface area contributed by atoms with Crippen molar-refractivity contribution in [3.8, 4) is 0 Å². The van der Waals surface area contributed by atoms with Crippen LogP contribution in [0.3, 0.4) is 0 Å². The molecule has 3 aliphatic rings. The number of fused-ring (bicyclic) bond motifs is 2. The molecule has 2 aromatic rings. The van der Waals surface area contributed by atoms with Crippen molar-refractivity contribution in [2.24, 2.45) is 11.3 Å². The standard InChI is InChI=1S/C14H12ClF3N4/c1-6-5-19-10-9(21-12(15)22-11(10)20-6)8-4-13(14(16,17)18)2-7(8)3-13/h5,7-8H,2-4H2,1H3/t7-,8?,13+. The number of alkyl halides is 3. The summed E-state index contributed by atoms with van der Waals surface area (Å²) in [7, 11) is 0. The highest BCUT2D eigenvalue weighted by atomic mass is 35.5. The van der Waals surface area contributed by atoms with Crippen molar-refractivity contribution in [3.63, 3.8) is 0 Å². The van der Waals surface area contributed by atoms with Gasteiger partial charge in [0.1, 0.15) is 5.52 Å². The number of hydrogen-bond acceptors (Lipinski definition) is 4. The molecule has 22 heavy (non-hydrogen) atoms. The topological polar surface area (TPSA) is 51.6 Å². The molecule has 0 saturated heterocycles. The summed E-state index contributed by atoms with van der Waals surface area (Å²) in [5, 5.41) is 0.00700. The molecule has 3 aliphatic carbocycles. The Balaban J connectivity index is 1.80. The first-order valence-electron chi connectivity index (χ1n) is 7.03. The predicted octanol–water partition coefficient (Wildman–Crippen LogP) is 3.83. The fourth-order valence-corrected chi connectivity index (χ4v) is 4.07. The second-order valence-electron chi connectivity index (χ2n) is 6.32. The van der Waals surface area contributed by atoms with Gasteiger partial charge in [-0.1, -0.05) is 0 Å². The Labute approximate surface area is 129 Å². The molecule has 3 saturated carbocycles. The number of halogens is 4. The van der Waals surface area contributed by atoms with Crippen LogP contribution in [-0.4, -0.2) is 26.1 Å². The van der Waals surface area contributed by atoms with Crippen LogP contribution >= 0.6 is 11.6 Å². The first-order valence-corrected chi connectivity index (χ1v) is 7.40. The van der Waals surface area contributed by atoms with E-state index in [0.717, 1.165) is 0 Å². The van der Waals surface area contributed by atoms with Crippen LogP contribution in [0, 0.1) is 18.3 Å². The lowest BCUT2D eigenvalue weighted by Crippen LogP contribution is -2.42. The smallest absolute Gasteiger partial charge is 0.249 e. The molecular weight excluding hydrogens is 317 g/mol. The van der Waals surface area contributed by atoms with Gasteiger partial charge in [0.2, 0.25) is 5.28 Å². The largest absolute Gasteiger partial charge is 0.394 e. The van der Waals surface area contributed by atoms with Crippen molar-refractivity contribution in [2.75, 3.05) is 0 Å². The van der Waals surface area contributed by atoms with Gasteiger partial charge in [0.15, 0.2) is 5.65 Å². The lowest BCUT2D eigenvalue weighted by Gasteiger charge is -2.39. The highest BCUT2D eigenvalue weighted by Crippen LogP contribution is 2.70. The number of aryl methyl sites for hydroxylation is 1. The van der Waals surface area contributed by atoms with Gasteiger partial charge < -0.3 is 0 Å². The molecule has 0 radical (unpaired) electrons. The fourth-order valence-electron chi connectivity index (χ4n) is 3.90. The third-order valence-electron chi connectivity index (χ3n) is 4.97. The molecule has 0 spiro atoms. The van der Waals surface area contributed by atoms with Crippen molar-refractivity contribution >= 4 is 22.8 Å². The van der Waals surface area contributed by atoms with E-state index in [1.807, 2.05) is 0 Å². The van der Waals surface area contributed by atoms with Crippen molar-refractivity contribution < 1.29 is 13.2 Å². The number of hydrogen-bond donors (Lipinski definition) is 0. The third-order valence-corrected chi connectivity index (χ3v) is 5.14. The molecule has 4 nitrogen and oxygen atoms in total. The van der Waals surface area contributed by atoms with Gasteiger partial charge in [-0.2, -0.15) is 18.2 Å². The summed E-state index contributed by atoms with van der Waals surface area (Å²) in [5.74, 6) is -0.291. The Hall–Kier alpha value is -1.50. The summed E-state index contributed by atoms with van der Waals surface area (Å²) in [5.41, 5.74) is 0.446. The minimum Gasteiger partial charge on any atom is -0.249 e. The van der Waals surface area contributed by atoms with E-state index in [2.05, 4.69) is 19.9 Å². The zero-order valence-electron chi connectivity index (χ0n) is 11.7. The Kier molecular flexibility index (Phi) is 2.74. The predicted molar refractivity (Wildman–Crippen MR) is 73.4 cm³/mol. The number of aromatic nitrogens is 4. The Bertz CT molecular complexity index is 765. The molecular formula is C14H12ClF3N4. The van der Waals surface area contributed by atoms with Crippen LogP contribution in [0.5, 0.6) is 0 Å². The summed E-state index contributed by atoms with van der Waals surface area (Å²) in [6.45, 7) is 1.77. The van der Waals surface area contributed by atoms with E-state index in [1.165, 1.54) is 0 Å². The van der Waals surface area contributed by atoms with Gasteiger partial charge in [0.05, 0.1) is 16.8 Å². The van der Waals surface area contributed by atoms with Crippen molar-refractivity contribution in [1.82, 2.24) is 19.9 Å².